The van der Waals surface area contributed by atoms with Gasteiger partial charge in [0.05, 0.1) is 18.7 Å². The Morgan fingerprint density at radius 3 is 3.00 bits per heavy atom. The van der Waals surface area contributed by atoms with Crippen LogP contribution < -0.4 is 16.3 Å². The van der Waals surface area contributed by atoms with Crippen LogP contribution >= 0.6 is 0 Å². The number of aromatic amines is 1. The van der Waals surface area contributed by atoms with E-state index in [4.69, 9.17) is 4.99 Å². The summed E-state index contributed by atoms with van der Waals surface area (Å²) in [7, 11) is 0. The van der Waals surface area contributed by atoms with Gasteiger partial charge in [0.2, 0.25) is 5.56 Å². The zero-order valence-electron chi connectivity index (χ0n) is 15.4. The van der Waals surface area contributed by atoms with Crippen LogP contribution in [-0.4, -0.2) is 40.2 Å². The number of pyridine rings is 1. The van der Waals surface area contributed by atoms with E-state index in [0.717, 1.165) is 52.4 Å². The number of aryl methyl sites for hydroxylation is 1. The molecule has 3 heterocycles. The van der Waals surface area contributed by atoms with Gasteiger partial charge in [-0.05, 0) is 43.5 Å². The molecular weight excluding hydrogens is 354 g/mol. The normalized spacial score (nSPS) is 22.4. The highest BCUT2D eigenvalue weighted by atomic mass is 16.1. The Labute approximate surface area is 161 Å². The first-order valence-corrected chi connectivity index (χ1v) is 9.31. The van der Waals surface area contributed by atoms with E-state index in [1.165, 1.54) is 0 Å². The Bertz CT molecular complexity index is 1160. The molecule has 1 aromatic carbocycles. The lowest BCUT2D eigenvalue weighted by molar-refractivity contribution is 0.328. The van der Waals surface area contributed by atoms with Crippen LogP contribution in [0.2, 0.25) is 0 Å². The van der Waals surface area contributed by atoms with Crippen LogP contribution in [-0.2, 0) is 0 Å². The van der Waals surface area contributed by atoms with Crippen LogP contribution in [0.3, 0.4) is 0 Å². The van der Waals surface area contributed by atoms with Crippen LogP contribution in [0.4, 0.5) is 5.69 Å². The van der Waals surface area contributed by atoms with Gasteiger partial charge >= 0.3 is 0 Å². The lowest BCUT2D eigenvalue weighted by atomic mass is 10.1. The monoisotopic (exact) mass is 373 g/mol. The Hall–Kier alpha value is -3.60. The summed E-state index contributed by atoms with van der Waals surface area (Å²) in [6.07, 6.45) is 4.15. The Balaban J connectivity index is 1.49. The van der Waals surface area contributed by atoms with E-state index in [0.29, 0.717) is 12.6 Å². The molecule has 140 valence electrons. The van der Waals surface area contributed by atoms with E-state index in [1.807, 2.05) is 31.2 Å². The summed E-state index contributed by atoms with van der Waals surface area (Å²) >= 11 is 0. The molecule has 3 aliphatic rings. The van der Waals surface area contributed by atoms with Gasteiger partial charge in [-0.25, -0.2) is 5.01 Å². The fourth-order valence-electron chi connectivity index (χ4n) is 3.49. The number of hydrogen-bond acceptors (Lipinski definition) is 7. The maximum atomic E-state index is 11.7. The first kappa shape index (κ1) is 16.6. The van der Waals surface area contributed by atoms with Gasteiger partial charge in [0.25, 0.3) is 0 Å². The lowest BCUT2D eigenvalue weighted by Crippen LogP contribution is -2.52. The standard InChI is InChI=1S/C20H19N7O/c1-11-6-19(28)25-16-5-4-13(7-15(11)16)24-18-8-17(23-12-2-3-12)20-22-10-14(9-21)27(20)26-18/h4-8,12,14,24,26H,2-3,10H2,1H3,(H,25,28). The molecule has 1 unspecified atom stereocenters. The summed E-state index contributed by atoms with van der Waals surface area (Å²) in [5.74, 6) is 1.47. The minimum absolute atomic E-state index is 0.105. The molecule has 2 aliphatic heterocycles. The number of nitriles is 1. The van der Waals surface area contributed by atoms with Crippen molar-refractivity contribution in [2.24, 2.45) is 9.98 Å². The van der Waals surface area contributed by atoms with Crippen LogP contribution in [0.1, 0.15) is 18.4 Å². The molecule has 8 heteroatoms. The van der Waals surface area contributed by atoms with Gasteiger partial charge in [0.1, 0.15) is 11.5 Å². The topological polar surface area (TPSA) is 109 Å². The molecule has 2 aromatic rings. The third-order valence-electron chi connectivity index (χ3n) is 5.05. The largest absolute Gasteiger partial charge is 0.341 e. The fraction of sp³-hybridized carbons (Fsp3) is 0.300. The Morgan fingerprint density at radius 1 is 1.36 bits per heavy atom. The van der Waals surface area contributed by atoms with Gasteiger partial charge in [-0.1, -0.05) is 0 Å². The third kappa shape index (κ3) is 2.91. The zero-order valence-corrected chi connectivity index (χ0v) is 15.4. The maximum absolute atomic E-state index is 11.7. The van der Waals surface area contributed by atoms with Gasteiger partial charge in [-0.15, -0.1) is 0 Å². The number of aromatic nitrogens is 1. The van der Waals surface area contributed by atoms with E-state index >= 15 is 0 Å². The highest BCUT2D eigenvalue weighted by Crippen LogP contribution is 2.26. The lowest BCUT2D eigenvalue weighted by Gasteiger charge is -2.31. The summed E-state index contributed by atoms with van der Waals surface area (Å²) in [4.78, 5) is 23.8. The number of benzene rings is 1. The molecule has 3 N–H and O–H groups in total. The number of hydrogen-bond donors (Lipinski definition) is 3. The van der Waals surface area contributed by atoms with Crippen molar-refractivity contribution in [3.63, 3.8) is 0 Å². The SMILES string of the molecule is Cc1cc(=O)[nH]c2ccc(NC3=CC(=NC4CC4)C4=NCC(C#N)N4N3)cc12. The second kappa shape index (κ2) is 6.23. The minimum atomic E-state index is -0.353. The third-order valence-corrected chi connectivity index (χ3v) is 5.05. The zero-order chi connectivity index (χ0) is 19.3. The molecule has 28 heavy (non-hydrogen) atoms. The number of nitrogens with one attached hydrogen (secondary N) is 3. The molecule has 1 fully saturated rings. The number of aliphatic imine (C=N–C) groups is 2. The van der Waals surface area contributed by atoms with E-state index in [-0.39, 0.29) is 11.6 Å². The summed E-state index contributed by atoms with van der Waals surface area (Å²) in [5.41, 5.74) is 6.55. The van der Waals surface area contributed by atoms with E-state index in [2.05, 4.69) is 26.8 Å². The quantitative estimate of drug-likeness (QED) is 0.760. The highest BCUT2D eigenvalue weighted by Gasteiger charge is 2.35. The number of amidine groups is 1. The van der Waals surface area contributed by atoms with Crippen molar-refractivity contribution < 1.29 is 0 Å². The molecule has 1 saturated carbocycles. The van der Waals surface area contributed by atoms with Crippen LogP contribution in [0.25, 0.3) is 10.9 Å². The van der Waals surface area contributed by atoms with Crippen molar-refractivity contribution in [3.8, 4) is 6.07 Å². The van der Waals surface area contributed by atoms with Crippen molar-refractivity contribution >= 4 is 28.1 Å². The molecule has 1 aliphatic carbocycles. The number of hydrazine groups is 1. The number of nitrogens with zero attached hydrogens (tertiary/aromatic N) is 4. The Morgan fingerprint density at radius 2 is 2.21 bits per heavy atom. The molecule has 0 bridgehead atoms. The molecule has 1 atom stereocenters. The second-order valence-electron chi connectivity index (χ2n) is 7.30. The van der Waals surface area contributed by atoms with Gasteiger partial charge < -0.3 is 10.3 Å². The molecule has 8 nitrogen and oxygen atoms in total. The minimum Gasteiger partial charge on any atom is -0.341 e. The maximum Gasteiger partial charge on any atom is 0.248 e. The molecule has 1 aromatic heterocycles. The summed E-state index contributed by atoms with van der Waals surface area (Å²) in [6.45, 7) is 2.36. The van der Waals surface area contributed by atoms with Gasteiger partial charge in [0, 0.05) is 28.7 Å². The molecule has 0 saturated heterocycles. The number of anilines is 1. The highest BCUT2D eigenvalue weighted by molar-refractivity contribution is 6.46. The van der Waals surface area contributed by atoms with E-state index in [1.54, 1.807) is 11.1 Å². The molecule has 0 spiro atoms. The number of fused-ring (bicyclic) bond motifs is 2. The number of rotatable bonds is 3. The van der Waals surface area contributed by atoms with Crippen molar-refractivity contribution in [1.29, 1.82) is 5.26 Å². The van der Waals surface area contributed by atoms with Gasteiger partial charge in [-0.3, -0.25) is 20.2 Å². The van der Waals surface area contributed by atoms with Gasteiger partial charge in [-0.2, -0.15) is 5.26 Å². The van der Waals surface area contributed by atoms with Crippen LogP contribution in [0, 0.1) is 18.3 Å². The van der Waals surface area contributed by atoms with Gasteiger partial charge in [0.15, 0.2) is 11.9 Å². The summed E-state index contributed by atoms with van der Waals surface area (Å²) in [6, 6.07) is 9.67. The van der Waals surface area contributed by atoms with E-state index in [9.17, 15) is 10.1 Å². The fourth-order valence-corrected chi connectivity index (χ4v) is 3.49. The van der Waals surface area contributed by atoms with Crippen molar-refractivity contribution in [2.75, 3.05) is 11.9 Å². The molecular formula is C20H19N7O. The van der Waals surface area contributed by atoms with Crippen molar-refractivity contribution in [3.05, 3.63) is 52.1 Å². The predicted octanol–water partition coefficient (Wildman–Crippen LogP) is 1.82. The van der Waals surface area contributed by atoms with Crippen LogP contribution in [0.5, 0.6) is 0 Å². The second-order valence-corrected chi connectivity index (χ2v) is 7.30. The van der Waals surface area contributed by atoms with Crippen molar-refractivity contribution in [2.45, 2.75) is 31.8 Å². The molecule has 0 radical (unpaired) electrons. The molecule has 0 amide bonds. The predicted molar refractivity (Wildman–Crippen MR) is 108 cm³/mol. The summed E-state index contributed by atoms with van der Waals surface area (Å²) < 4.78 is 0. The smallest absolute Gasteiger partial charge is 0.248 e. The summed E-state index contributed by atoms with van der Waals surface area (Å²) in [5, 5.41) is 15.5. The molecule has 5 rings (SSSR count). The average molecular weight is 373 g/mol. The van der Waals surface area contributed by atoms with Crippen molar-refractivity contribution in [1.82, 2.24) is 15.4 Å². The number of H-pyrrole nitrogens is 1. The first-order valence-electron chi connectivity index (χ1n) is 9.31. The first-order chi connectivity index (χ1) is 13.6. The van der Waals surface area contributed by atoms with E-state index < -0.39 is 0 Å². The average Bonchev–Trinajstić information content (AvgIpc) is 3.38. The van der Waals surface area contributed by atoms with Crippen LogP contribution in [0.15, 0.2) is 50.9 Å². The Kier molecular flexibility index (Phi) is 3.69.